The summed E-state index contributed by atoms with van der Waals surface area (Å²) in [5.41, 5.74) is 5.80. The lowest BCUT2D eigenvalue weighted by Gasteiger charge is -2.05. The molecule has 3 aromatic rings. The summed E-state index contributed by atoms with van der Waals surface area (Å²) in [7, 11) is 0. The molecule has 0 aliphatic rings. The minimum atomic E-state index is 0.000746. The number of aromatic nitrogens is 2. The maximum Gasteiger partial charge on any atom is 0.274 e. The van der Waals surface area contributed by atoms with E-state index >= 15 is 0 Å². The second kappa shape index (κ2) is 5.09. The van der Waals surface area contributed by atoms with E-state index in [0.29, 0.717) is 0 Å². The van der Waals surface area contributed by atoms with Crippen LogP contribution in [0, 0.1) is 20.8 Å². The Morgan fingerprint density at radius 2 is 1.71 bits per heavy atom. The molecule has 2 aromatic carbocycles. The summed E-state index contributed by atoms with van der Waals surface area (Å²) in [6.45, 7) is 5.92. The zero-order valence-corrected chi connectivity index (χ0v) is 12.5. The van der Waals surface area contributed by atoms with Gasteiger partial charge in [-0.2, -0.15) is 0 Å². The predicted molar refractivity (Wildman–Crippen MR) is 86.0 cm³/mol. The van der Waals surface area contributed by atoms with Crippen molar-refractivity contribution in [3.05, 3.63) is 75.6 Å². The van der Waals surface area contributed by atoms with Crippen molar-refractivity contribution in [1.82, 2.24) is 9.78 Å². The third-order valence-electron chi connectivity index (χ3n) is 3.79. The van der Waals surface area contributed by atoms with E-state index in [1.165, 1.54) is 5.56 Å². The molecule has 3 rings (SSSR count). The summed E-state index contributed by atoms with van der Waals surface area (Å²) in [6, 6.07) is 16.0. The molecular formula is C18H18N2O. The maximum absolute atomic E-state index is 12.5. The molecule has 3 heteroatoms. The summed E-state index contributed by atoms with van der Waals surface area (Å²) in [5, 5.41) is 3.25. The molecule has 0 aliphatic carbocycles. The average molecular weight is 278 g/mol. The van der Waals surface area contributed by atoms with Gasteiger partial charge in [-0.05, 0) is 38.5 Å². The lowest BCUT2D eigenvalue weighted by atomic mass is 10.1. The van der Waals surface area contributed by atoms with Crippen LogP contribution in [-0.2, 0) is 0 Å². The molecule has 0 saturated heterocycles. The molecule has 0 aliphatic heterocycles. The van der Waals surface area contributed by atoms with Gasteiger partial charge in [-0.1, -0.05) is 42.0 Å². The van der Waals surface area contributed by atoms with Crippen LogP contribution >= 0.6 is 0 Å². The van der Waals surface area contributed by atoms with Crippen LogP contribution in [0.4, 0.5) is 0 Å². The van der Waals surface area contributed by atoms with E-state index in [1.807, 2.05) is 50.2 Å². The number of rotatable bonds is 2. The highest BCUT2D eigenvalue weighted by Crippen LogP contribution is 2.21. The predicted octanol–water partition coefficient (Wildman–Crippen LogP) is 3.76. The van der Waals surface area contributed by atoms with Crippen molar-refractivity contribution in [3.63, 3.8) is 0 Å². The highest BCUT2D eigenvalue weighted by atomic mass is 16.1. The zero-order valence-electron chi connectivity index (χ0n) is 12.5. The van der Waals surface area contributed by atoms with Gasteiger partial charge >= 0.3 is 0 Å². The minimum absolute atomic E-state index is 0.000746. The lowest BCUT2D eigenvalue weighted by Crippen LogP contribution is -2.16. The number of benzene rings is 2. The van der Waals surface area contributed by atoms with E-state index in [-0.39, 0.29) is 5.56 Å². The molecule has 0 radical (unpaired) electrons. The Hall–Kier alpha value is -2.55. The van der Waals surface area contributed by atoms with Crippen LogP contribution < -0.4 is 5.56 Å². The van der Waals surface area contributed by atoms with Gasteiger partial charge in [0.2, 0.25) is 0 Å². The Balaban J connectivity index is 2.21. The molecule has 21 heavy (non-hydrogen) atoms. The summed E-state index contributed by atoms with van der Waals surface area (Å²) < 4.78 is 1.63. The fourth-order valence-corrected chi connectivity index (χ4v) is 2.59. The summed E-state index contributed by atoms with van der Waals surface area (Å²) in [5.74, 6) is 0. The van der Waals surface area contributed by atoms with Gasteiger partial charge in [-0.15, -0.1) is 0 Å². The van der Waals surface area contributed by atoms with Crippen molar-refractivity contribution in [2.45, 2.75) is 20.8 Å². The molecule has 0 saturated carbocycles. The largest absolute Gasteiger partial charge is 0.290 e. The van der Waals surface area contributed by atoms with E-state index < -0.39 is 0 Å². The summed E-state index contributed by atoms with van der Waals surface area (Å²) >= 11 is 0. The number of H-pyrrole nitrogens is 1. The first-order valence-corrected chi connectivity index (χ1v) is 7.02. The van der Waals surface area contributed by atoms with Crippen molar-refractivity contribution < 1.29 is 0 Å². The number of nitrogens with zero attached hydrogens (tertiary/aromatic N) is 1. The lowest BCUT2D eigenvalue weighted by molar-refractivity contribution is 0.844. The molecule has 0 amide bonds. The molecule has 0 fully saturated rings. The molecule has 1 aromatic heterocycles. The van der Waals surface area contributed by atoms with Crippen molar-refractivity contribution in [3.8, 4) is 16.9 Å². The van der Waals surface area contributed by atoms with Crippen LogP contribution in [0.2, 0.25) is 0 Å². The fraction of sp³-hybridized carbons (Fsp3) is 0.167. The van der Waals surface area contributed by atoms with Gasteiger partial charge in [0.25, 0.3) is 5.56 Å². The third kappa shape index (κ3) is 2.31. The van der Waals surface area contributed by atoms with E-state index in [1.54, 1.807) is 4.68 Å². The molecule has 106 valence electrons. The zero-order chi connectivity index (χ0) is 15.0. The maximum atomic E-state index is 12.5. The highest BCUT2D eigenvalue weighted by molar-refractivity contribution is 5.63. The summed E-state index contributed by atoms with van der Waals surface area (Å²) in [4.78, 5) is 12.5. The van der Waals surface area contributed by atoms with Crippen LogP contribution in [0.25, 0.3) is 16.9 Å². The molecule has 1 N–H and O–H groups in total. The van der Waals surface area contributed by atoms with Gasteiger partial charge in [0.1, 0.15) is 0 Å². The van der Waals surface area contributed by atoms with Crippen LogP contribution in [0.1, 0.15) is 16.7 Å². The van der Waals surface area contributed by atoms with Gasteiger partial charge in [0.15, 0.2) is 0 Å². The fourth-order valence-electron chi connectivity index (χ4n) is 2.59. The van der Waals surface area contributed by atoms with Gasteiger partial charge in [0.05, 0.1) is 11.4 Å². The Morgan fingerprint density at radius 1 is 0.952 bits per heavy atom. The number of nitrogens with one attached hydrogen (secondary N) is 1. The first kappa shape index (κ1) is 13.4. The van der Waals surface area contributed by atoms with Crippen LogP contribution in [-0.4, -0.2) is 9.78 Å². The van der Waals surface area contributed by atoms with Crippen LogP contribution in [0.3, 0.4) is 0 Å². The second-order valence-corrected chi connectivity index (χ2v) is 5.41. The summed E-state index contributed by atoms with van der Waals surface area (Å²) in [6.07, 6.45) is 0. The van der Waals surface area contributed by atoms with Crippen LogP contribution in [0.5, 0.6) is 0 Å². The molecular weight excluding hydrogens is 260 g/mol. The van der Waals surface area contributed by atoms with E-state index in [2.05, 4.69) is 24.2 Å². The minimum Gasteiger partial charge on any atom is -0.290 e. The topological polar surface area (TPSA) is 37.8 Å². The number of hydrogen-bond donors (Lipinski definition) is 1. The number of aromatic amines is 1. The number of hydrogen-bond acceptors (Lipinski definition) is 1. The first-order valence-electron chi connectivity index (χ1n) is 7.02. The van der Waals surface area contributed by atoms with E-state index in [4.69, 9.17) is 0 Å². The molecule has 0 unspecified atom stereocenters. The SMILES string of the molecule is Cc1cccc(-c2[nH]n(-c3ccccc3C)c(=O)c2C)c1. The average Bonchev–Trinajstić information content (AvgIpc) is 2.76. The van der Waals surface area contributed by atoms with Crippen molar-refractivity contribution in [2.75, 3.05) is 0 Å². The van der Waals surface area contributed by atoms with Crippen molar-refractivity contribution in [2.24, 2.45) is 0 Å². The first-order chi connectivity index (χ1) is 10.1. The molecule has 1 heterocycles. The Kier molecular flexibility index (Phi) is 3.26. The third-order valence-corrected chi connectivity index (χ3v) is 3.79. The normalized spacial score (nSPS) is 10.8. The molecule has 3 nitrogen and oxygen atoms in total. The number of aryl methyl sites for hydroxylation is 2. The van der Waals surface area contributed by atoms with Gasteiger partial charge in [0, 0.05) is 11.1 Å². The van der Waals surface area contributed by atoms with Crippen molar-refractivity contribution >= 4 is 0 Å². The van der Waals surface area contributed by atoms with Gasteiger partial charge in [-0.3, -0.25) is 9.89 Å². The Labute approximate surface area is 123 Å². The smallest absolute Gasteiger partial charge is 0.274 e. The monoisotopic (exact) mass is 278 g/mol. The van der Waals surface area contributed by atoms with Crippen LogP contribution in [0.15, 0.2) is 53.3 Å². The molecule has 0 spiro atoms. The van der Waals surface area contributed by atoms with Gasteiger partial charge in [-0.25, -0.2) is 4.68 Å². The van der Waals surface area contributed by atoms with E-state index in [9.17, 15) is 4.79 Å². The standard InChI is InChI=1S/C18H18N2O/c1-12-7-6-9-15(11-12)17-14(3)18(21)20(19-17)16-10-5-4-8-13(16)2/h4-11,19H,1-3H3. The highest BCUT2D eigenvalue weighted by Gasteiger charge is 2.13. The Morgan fingerprint density at radius 3 is 2.43 bits per heavy atom. The number of para-hydroxylation sites is 1. The quantitative estimate of drug-likeness (QED) is 0.761. The molecule has 0 atom stereocenters. The van der Waals surface area contributed by atoms with Crippen molar-refractivity contribution in [1.29, 1.82) is 0 Å². The van der Waals surface area contributed by atoms with E-state index in [0.717, 1.165) is 28.1 Å². The Bertz CT molecular complexity index is 856. The second-order valence-electron chi connectivity index (χ2n) is 5.41. The van der Waals surface area contributed by atoms with Gasteiger partial charge < -0.3 is 0 Å². The molecule has 0 bridgehead atoms.